The maximum atomic E-state index is 12.1. The number of aromatic amines is 2. The molecule has 49 heavy (non-hydrogen) atoms. The van der Waals surface area contributed by atoms with E-state index in [0.717, 1.165) is 41.9 Å². The Morgan fingerprint density at radius 3 is 1.43 bits per heavy atom. The fraction of sp³-hybridized carbons (Fsp3) is 0. The summed E-state index contributed by atoms with van der Waals surface area (Å²) in [7, 11) is 0. The lowest BCUT2D eigenvalue weighted by Gasteiger charge is -2.00. The zero-order valence-electron chi connectivity index (χ0n) is 24.9. The largest absolute Gasteiger partial charge is 0.412 e. The predicted molar refractivity (Wildman–Crippen MR) is 192 cm³/mol. The summed E-state index contributed by atoms with van der Waals surface area (Å²) in [5, 5.41) is 31.5. The van der Waals surface area contributed by atoms with E-state index in [1.165, 1.54) is 48.8 Å². The van der Waals surface area contributed by atoms with Crippen molar-refractivity contribution in [2.75, 3.05) is 0 Å². The number of nitro benzene ring substituents is 2. The van der Waals surface area contributed by atoms with Crippen molar-refractivity contribution in [1.82, 2.24) is 20.8 Å². The number of nitrogens with zero attached hydrogens (tertiary/aromatic N) is 4. The molecule has 4 aromatic carbocycles. The van der Waals surface area contributed by atoms with Gasteiger partial charge in [-0.1, -0.05) is 56.1 Å². The molecular formula is C32H24Br2N8O7. The Labute approximate surface area is 293 Å². The molecule has 0 atom stereocenters. The van der Waals surface area contributed by atoms with Gasteiger partial charge < -0.3 is 15.4 Å². The van der Waals surface area contributed by atoms with Gasteiger partial charge in [0.1, 0.15) is 11.1 Å². The average molecular weight is 792 g/mol. The third kappa shape index (κ3) is 8.66. The molecule has 0 saturated carbocycles. The fourth-order valence-electron chi connectivity index (χ4n) is 4.53. The monoisotopic (exact) mass is 790 g/mol. The minimum atomic E-state index is -0.639. The number of nitro groups is 2. The molecule has 17 heteroatoms. The van der Waals surface area contributed by atoms with Gasteiger partial charge in [0.15, 0.2) is 0 Å². The Kier molecular flexibility index (Phi) is 11.8. The van der Waals surface area contributed by atoms with E-state index in [-0.39, 0.29) is 28.0 Å². The summed E-state index contributed by atoms with van der Waals surface area (Å²) in [6, 6.07) is 22.9. The van der Waals surface area contributed by atoms with Gasteiger partial charge in [-0.25, -0.2) is 10.9 Å². The number of hydrazone groups is 2. The van der Waals surface area contributed by atoms with Gasteiger partial charge in [-0.2, -0.15) is 10.2 Å². The Bertz CT molecular complexity index is 2090. The zero-order valence-corrected chi connectivity index (χ0v) is 28.1. The number of para-hydroxylation sites is 2. The third-order valence-corrected chi connectivity index (χ3v) is 7.77. The number of rotatable bonds is 8. The maximum Gasteiger partial charge on any atom is 0.282 e. The molecule has 0 aliphatic heterocycles. The molecule has 0 saturated heterocycles. The Morgan fingerprint density at radius 1 is 0.653 bits per heavy atom. The van der Waals surface area contributed by atoms with Gasteiger partial charge in [-0.05, 0) is 48.5 Å². The van der Waals surface area contributed by atoms with Gasteiger partial charge in [-0.15, -0.1) is 0 Å². The molecule has 6 aromatic rings. The SMILES string of the molecule is O.O=C(N/N=C/c1c[nH]c2ccc(Br)cc12)c1ccccc1[N+](=O)[O-].O=C(N/N=C/c1c[nH]c2ccc(Br)cc12)c1ccccc1[N+](=O)[O-]. The van der Waals surface area contributed by atoms with E-state index < -0.39 is 21.7 Å². The van der Waals surface area contributed by atoms with E-state index in [4.69, 9.17) is 0 Å². The van der Waals surface area contributed by atoms with Crippen LogP contribution in [-0.4, -0.2) is 49.5 Å². The minimum Gasteiger partial charge on any atom is -0.412 e. The first-order valence-corrected chi connectivity index (χ1v) is 15.4. The van der Waals surface area contributed by atoms with Crippen LogP contribution in [0.3, 0.4) is 0 Å². The van der Waals surface area contributed by atoms with Gasteiger partial charge in [0.2, 0.25) is 0 Å². The maximum absolute atomic E-state index is 12.1. The van der Waals surface area contributed by atoms with Crippen LogP contribution in [0.1, 0.15) is 31.8 Å². The number of H-pyrrole nitrogens is 2. The van der Waals surface area contributed by atoms with Crippen LogP contribution >= 0.6 is 31.9 Å². The third-order valence-electron chi connectivity index (χ3n) is 6.78. The quantitative estimate of drug-likeness (QED) is 0.0775. The second kappa shape index (κ2) is 16.2. The van der Waals surface area contributed by atoms with Crippen LogP contribution in [0.4, 0.5) is 11.4 Å². The van der Waals surface area contributed by atoms with Crippen molar-refractivity contribution in [3.05, 3.63) is 149 Å². The van der Waals surface area contributed by atoms with Crippen molar-refractivity contribution in [2.45, 2.75) is 0 Å². The second-order valence-electron chi connectivity index (χ2n) is 9.81. The predicted octanol–water partition coefficient (Wildman–Crippen LogP) is 6.38. The summed E-state index contributed by atoms with van der Waals surface area (Å²) in [5.74, 6) is -1.28. The van der Waals surface area contributed by atoms with Crippen LogP contribution in [0, 0.1) is 20.2 Å². The Balaban J connectivity index is 0.000000216. The Morgan fingerprint density at radius 2 is 1.04 bits per heavy atom. The smallest absolute Gasteiger partial charge is 0.282 e. The lowest BCUT2D eigenvalue weighted by Crippen LogP contribution is -2.18. The van der Waals surface area contributed by atoms with Crippen LogP contribution in [-0.2, 0) is 0 Å². The van der Waals surface area contributed by atoms with E-state index in [0.29, 0.717) is 0 Å². The summed E-state index contributed by atoms with van der Waals surface area (Å²) in [6.45, 7) is 0. The molecule has 6 N–H and O–H groups in total. The highest BCUT2D eigenvalue weighted by Gasteiger charge is 2.19. The van der Waals surface area contributed by atoms with Crippen LogP contribution < -0.4 is 10.9 Å². The number of amides is 2. The van der Waals surface area contributed by atoms with Crippen molar-refractivity contribution in [1.29, 1.82) is 0 Å². The van der Waals surface area contributed by atoms with E-state index in [1.54, 1.807) is 24.5 Å². The highest BCUT2D eigenvalue weighted by Crippen LogP contribution is 2.23. The number of aromatic nitrogens is 2. The Hall–Kier alpha value is -6.04. The summed E-state index contributed by atoms with van der Waals surface area (Å²) < 4.78 is 1.85. The first kappa shape index (κ1) is 35.8. The number of benzene rings is 4. The first-order valence-electron chi connectivity index (χ1n) is 13.8. The topological polar surface area (TPSA) is 232 Å². The van der Waals surface area contributed by atoms with Crippen molar-refractivity contribution < 1.29 is 24.9 Å². The molecule has 0 fully saturated rings. The molecule has 2 heterocycles. The number of carbonyl (C=O) groups excluding carboxylic acids is 2. The second-order valence-corrected chi connectivity index (χ2v) is 11.6. The number of carbonyl (C=O) groups is 2. The molecule has 0 radical (unpaired) electrons. The molecule has 0 aliphatic carbocycles. The molecular weight excluding hydrogens is 768 g/mol. The molecule has 6 rings (SSSR count). The number of hydrogen-bond acceptors (Lipinski definition) is 8. The lowest BCUT2D eigenvalue weighted by atomic mass is 10.2. The lowest BCUT2D eigenvalue weighted by molar-refractivity contribution is -0.385. The summed E-state index contributed by atoms with van der Waals surface area (Å²) >= 11 is 6.81. The number of halogens is 2. The van der Waals surface area contributed by atoms with Crippen LogP contribution in [0.2, 0.25) is 0 Å². The zero-order chi connectivity index (χ0) is 34.2. The van der Waals surface area contributed by atoms with Crippen LogP contribution in [0.15, 0.2) is 116 Å². The molecule has 2 aromatic heterocycles. The van der Waals surface area contributed by atoms with E-state index in [9.17, 15) is 29.8 Å². The van der Waals surface area contributed by atoms with Gasteiger partial charge >= 0.3 is 0 Å². The molecule has 248 valence electrons. The molecule has 2 amide bonds. The highest BCUT2D eigenvalue weighted by atomic mass is 79.9. The molecule has 0 aliphatic rings. The normalized spacial score (nSPS) is 10.8. The van der Waals surface area contributed by atoms with Gasteiger partial charge in [0.25, 0.3) is 23.2 Å². The van der Waals surface area contributed by atoms with Gasteiger partial charge in [0, 0.05) is 66.4 Å². The average Bonchev–Trinajstić information content (AvgIpc) is 3.67. The van der Waals surface area contributed by atoms with Crippen LogP contribution in [0.5, 0.6) is 0 Å². The van der Waals surface area contributed by atoms with Gasteiger partial charge in [-0.3, -0.25) is 29.8 Å². The van der Waals surface area contributed by atoms with E-state index in [1.807, 2.05) is 36.4 Å². The first-order chi connectivity index (χ1) is 23.1. The highest BCUT2D eigenvalue weighted by molar-refractivity contribution is 9.10. The van der Waals surface area contributed by atoms with E-state index in [2.05, 4.69) is 62.9 Å². The van der Waals surface area contributed by atoms with Gasteiger partial charge in [0.05, 0.1) is 22.3 Å². The van der Waals surface area contributed by atoms with E-state index >= 15 is 0 Å². The summed E-state index contributed by atoms with van der Waals surface area (Å²) in [6.07, 6.45) is 6.49. The fourth-order valence-corrected chi connectivity index (χ4v) is 5.26. The molecule has 15 nitrogen and oxygen atoms in total. The number of nitrogens with one attached hydrogen (secondary N) is 4. The van der Waals surface area contributed by atoms with Crippen molar-refractivity contribution in [2.24, 2.45) is 10.2 Å². The van der Waals surface area contributed by atoms with Crippen LogP contribution in [0.25, 0.3) is 21.8 Å². The summed E-state index contributed by atoms with van der Waals surface area (Å²) in [4.78, 5) is 51.0. The number of hydrogen-bond donors (Lipinski definition) is 4. The molecule has 0 spiro atoms. The standard InChI is InChI=1S/2C16H11BrN4O3.H2O/c2*17-11-5-6-14-13(7-11)10(8-18-14)9-19-20-16(22)12-3-1-2-4-15(12)21(23)24;/h2*1-9,18H,(H,20,22);1H2/b2*19-9+;. The van der Waals surface area contributed by atoms with Crippen molar-refractivity contribution in [3.63, 3.8) is 0 Å². The van der Waals surface area contributed by atoms with Crippen molar-refractivity contribution >= 4 is 89.3 Å². The summed E-state index contributed by atoms with van der Waals surface area (Å²) in [5.41, 5.74) is 7.46. The number of fused-ring (bicyclic) bond motifs is 2. The molecule has 0 bridgehead atoms. The molecule has 0 unspecified atom stereocenters. The minimum absolute atomic E-state index is 0. The van der Waals surface area contributed by atoms with Crippen molar-refractivity contribution in [3.8, 4) is 0 Å².